The quantitative estimate of drug-likeness (QED) is 0.0637. The number of hydrogen-bond acceptors (Lipinski definition) is 10. The second-order valence-electron chi connectivity index (χ2n) is 10.7. The summed E-state index contributed by atoms with van der Waals surface area (Å²) in [6, 6.07) is 11.5. The Kier molecular flexibility index (Phi) is 10.4. The van der Waals surface area contributed by atoms with Gasteiger partial charge in [-0.3, -0.25) is 19.9 Å². The topological polar surface area (TPSA) is 162 Å². The maximum Gasteiger partial charge on any atom is 0.275 e. The molecule has 14 nitrogen and oxygen atoms in total. The molecule has 0 spiro atoms. The van der Waals surface area contributed by atoms with E-state index >= 15 is 0 Å². The molecular formula is C30H44N12O2. The maximum atomic E-state index is 13.3. The minimum atomic E-state index is -0.543. The standard InChI is InChI=1S/C30H44N12O2/c1-8-42(39(7)38-33-6)20(4)28(44)37-30-35-23-18-21(27(31)43)14-15-24(23)40(30)16-9-10-17-41-25-13-11-12-22(32-5)26(25)36-29(41)34-19(2)3/h11-15,18-19,32-33,38H,4,8-10,16-17H2,1-3,5-7H3,(H2,31,43)(H,34,36)(H,35,37,44). The first-order valence-corrected chi connectivity index (χ1v) is 14.8. The van der Waals surface area contributed by atoms with Crippen molar-refractivity contribution in [1.82, 2.24) is 40.2 Å². The molecule has 2 aromatic heterocycles. The number of hydrazine groups is 3. The number of nitrogens with zero attached hydrogens (tertiary/aromatic N) is 6. The number of imidazole rings is 2. The summed E-state index contributed by atoms with van der Waals surface area (Å²) in [7, 11) is 5.39. The van der Waals surface area contributed by atoms with Crippen LogP contribution in [0.4, 0.5) is 17.6 Å². The Morgan fingerprint density at radius 3 is 2.34 bits per heavy atom. The number of aromatic nitrogens is 4. The van der Waals surface area contributed by atoms with Crippen LogP contribution < -0.4 is 32.6 Å². The highest BCUT2D eigenvalue weighted by molar-refractivity contribution is 6.03. The Morgan fingerprint density at radius 1 is 1.02 bits per heavy atom. The molecule has 0 unspecified atom stereocenters. The van der Waals surface area contributed by atoms with Gasteiger partial charge >= 0.3 is 0 Å². The van der Waals surface area contributed by atoms with Crippen LogP contribution in [0.25, 0.3) is 22.1 Å². The highest BCUT2D eigenvalue weighted by Gasteiger charge is 2.21. The fourth-order valence-corrected chi connectivity index (χ4v) is 5.19. The molecular weight excluding hydrogens is 560 g/mol. The molecule has 0 radical (unpaired) electrons. The van der Waals surface area contributed by atoms with Gasteiger partial charge in [0.1, 0.15) is 11.2 Å². The Labute approximate surface area is 257 Å². The largest absolute Gasteiger partial charge is 0.386 e. The van der Waals surface area contributed by atoms with E-state index in [1.165, 1.54) is 0 Å². The fraction of sp³-hybridized carbons (Fsp3) is 0.400. The van der Waals surface area contributed by atoms with Gasteiger partial charge < -0.3 is 25.5 Å². The van der Waals surface area contributed by atoms with Crippen LogP contribution >= 0.6 is 0 Å². The predicted molar refractivity (Wildman–Crippen MR) is 176 cm³/mol. The van der Waals surface area contributed by atoms with Crippen LogP contribution in [0, 0.1) is 0 Å². The minimum absolute atomic E-state index is 0.226. The maximum absolute atomic E-state index is 13.3. The van der Waals surface area contributed by atoms with E-state index in [0.29, 0.717) is 30.1 Å². The zero-order valence-corrected chi connectivity index (χ0v) is 26.4. The van der Waals surface area contributed by atoms with E-state index in [9.17, 15) is 9.59 Å². The average Bonchev–Trinajstić information content (AvgIpc) is 3.51. The van der Waals surface area contributed by atoms with Gasteiger partial charge in [-0.25, -0.2) is 15.4 Å². The van der Waals surface area contributed by atoms with Crippen LogP contribution in [0.15, 0.2) is 48.7 Å². The second-order valence-corrected chi connectivity index (χ2v) is 10.7. The van der Waals surface area contributed by atoms with Crippen LogP contribution in [0.3, 0.4) is 0 Å². The Balaban J connectivity index is 1.58. The summed E-state index contributed by atoms with van der Waals surface area (Å²) in [5.41, 5.74) is 16.1. The summed E-state index contributed by atoms with van der Waals surface area (Å²) in [6.45, 7) is 11.9. The van der Waals surface area contributed by atoms with Gasteiger partial charge in [0.05, 0.1) is 22.2 Å². The van der Waals surface area contributed by atoms with E-state index in [-0.39, 0.29) is 11.7 Å². The summed E-state index contributed by atoms with van der Waals surface area (Å²) in [5.74, 6) is 0.244. The first kappa shape index (κ1) is 32.3. The third kappa shape index (κ3) is 6.93. The monoisotopic (exact) mass is 604 g/mol. The van der Waals surface area contributed by atoms with Crippen molar-refractivity contribution in [2.24, 2.45) is 5.73 Å². The summed E-state index contributed by atoms with van der Waals surface area (Å²) in [6.07, 6.45) is 1.63. The molecule has 2 amide bonds. The van der Waals surface area contributed by atoms with Crippen molar-refractivity contribution in [3.05, 3.63) is 54.2 Å². The van der Waals surface area contributed by atoms with Gasteiger partial charge in [0.15, 0.2) is 0 Å². The molecule has 44 heavy (non-hydrogen) atoms. The molecule has 0 saturated heterocycles. The zero-order chi connectivity index (χ0) is 32.0. The number of nitrogens with two attached hydrogens (primary N) is 1. The lowest BCUT2D eigenvalue weighted by molar-refractivity contribution is -0.118. The van der Waals surface area contributed by atoms with Crippen molar-refractivity contribution in [1.29, 1.82) is 0 Å². The van der Waals surface area contributed by atoms with Crippen molar-refractivity contribution < 1.29 is 9.59 Å². The zero-order valence-electron chi connectivity index (χ0n) is 26.4. The van der Waals surface area contributed by atoms with Gasteiger partial charge in [-0.2, -0.15) is 5.53 Å². The highest BCUT2D eigenvalue weighted by Crippen LogP contribution is 2.28. The number of carbonyl (C=O) groups is 2. The van der Waals surface area contributed by atoms with E-state index in [0.717, 1.165) is 47.6 Å². The lowest BCUT2D eigenvalue weighted by Crippen LogP contribution is -2.53. The minimum Gasteiger partial charge on any atom is -0.386 e. The number of fused-ring (bicyclic) bond motifs is 2. The molecule has 2 heterocycles. The normalized spacial score (nSPS) is 11.5. The Bertz CT molecular complexity index is 1640. The molecule has 0 aliphatic rings. The summed E-state index contributed by atoms with van der Waals surface area (Å²) in [5, 5.41) is 13.0. The van der Waals surface area contributed by atoms with Crippen LogP contribution in [0.5, 0.6) is 0 Å². The van der Waals surface area contributed by atoms with Crippen LogP contribution in [0.1, 0.15) is 44.0 Å². The van der Waals surface area contributed by atoms with Crippen molar-refractivity contribution >= 4 is 51.5 Å². The molecule has 0 aliphatic heterocycles. The molecule has 0 fully saturated rings. The Hall–Kier alpha value is -4.66. The summed E-state index contributed by atoms with van der Waals surface area (Å²) < 4.78 is 4.17. The van der Waals surface area contributed by atoms with Crippen molar-refractivity contribution in [2.45, 2.75) is 52.7 Å². The molecule has 236 valence electrons. The van der Waals surface area contributed by atoms with Crippen LogP contribution in [0.2, 0.25) is 0 Å². The molecule has 2 aromatic carbocycles. The molecule has 14 heteroatoms. The van der Waals surface area contributed by atoms with Gasteiger partial charge in [-0.15, -0.1) is 5.12 Å². The van der Waals surface area contributed by atoms with Crippen LogP contribution in [-0.2, 0) is 17.9 Å². The fourth-order valence-electron chi connectivity index (χ4n) is 5.19. The number of amides is 2. The van der Waals surface area contributed by atoms with Crippen molar-refractivity contribution in [3.8, 4) is 0 Å². The van der Waals surface area contributed by atoms with Gasteiger partial charge in [-0.1, -0.05) is 12.6 Å². The highest BCUT2D eigenvalue weighted by atomic mass is 16.2. The van der Waals surface area contributed by atoms with E-state index in [1.54, 1.807) is 36.4 Å². The lowest BCUT2D eigenvalue weighted by Gasteiger charge is -2.33. The third-order valence-electron chi connectivity index (χ3n) is 7.25. The van der Waals surface area contributed by atoms with Crippen molar-refractivity contribution in [2.75, 3.05) is 43.6 Å². The third-order valence-corrected chi connectivity index (χ3v) is 7.25. The predicted octanol–water partition coefficient (Wildman–Crippen LogP) is 3.09. The number of nitrogens with one attached hydrogen (secondary N) is 5. The molecule has 0 aliphatic carbocycles. The average molecular weight is 605 g/mol. The number of anilines is 3. The SMILES string of the molecule is C=C(C(=O)Nc1nc2cc(C(N)=O)ccc2n1CCCCn1c(NC(C)C)nc2c(NC)cccc21)N(CC)N(C)NNC. The number of unbranched alkanes of at least 4 members (excludes halogenated alkanes) is 1. The first-order valence-electron chi connectivity index (χ1n) is 14.8. The number of likely N-dealkylation sites (N-methyl/N-ethyl adjacent to an activating group) is 1. The molecule has 0 bridgehead atoms. The van der Waals surface area contributed by atoms with E-state index in [4.69, 9.17) is 10.7 Å². The first-order chi connectivity index (χ1) is 21.1. The number of primary amides is 1. The molecule has 0 atom stereocenters. The number of hydrogen-bond donors (Lipinski definition) is 6. The van der Waals surface area contributed by atoms with Gasteiger partial charge in [-0.05, 0) is 71.0 Å². The lowest BCUT2D eigenvalue weighted by atomic mass is 10.2. The number of para-hydroxylation sites is 1. The number of rotatable bonds is 16. The molecule has 0 saturated carbocycles. The van der Waals surface area contributed by atoms with Crippen molar-refractivity contribution in [3.63, 3.8) is 0 Å². The molecule has 4 rings (SSSR count). The molecule has 4 aromatic rings. The van der Waals surface area contributed by atoms with Crippen LogP contribution in [-0.4, -0.2) is 74.8 Å². The number of carbonyl (C=O) groups excluding carboxylic acids is 2. The van der Waals surface area contributed by atoms with E-state index in [1.807, 2.05) is 36.7 Å². The van der Waals surface area contributed by atoms with E-state index in [2.05, 4.69) is 63.0 Å². The Morgan fingerprint density at radius 2 is 1.73 bits per heavy atom. The van der Waals surface area contributed by atoms with E-state index < -0.39 is 11.8 Å². The van der Waals surface area contributed by atoms with Gasteiger partial charge in [0, 0.05) is 45.3 Å². The smallest absolute Gasteiger partial charge is 0.275 e. The van der Waals surface area contributed by atoms with Gasteiger partial charge in [0.2, 0.25) is 17.8 Å². The number of benzene rings is 2. The second kappa shape index (κ2) is 14.2. The van der Waals surface area contributed by atoms with Gasteiger partial charge in [0.25, 0.3) is 5.91 Å². The molecule has 7 N–H and O–H groups in total. The summed E-state index contributed by atoms with van der Waals surface area (Å²) >= 11 is 0. The summed E-state index contributed by atoms with van der Waals surface area (Å²) in [4.78, 5) is 34.7. The number of aryl methyl sites for hydroxylation is 2.